The fourth-order valence-electron chi connectivity index (χ4n) is 3.97. The van der Waals surface area contributed by atoms with E-state index in [1.165, 1.54) is 49.0 Å². The van der Waals surface area contributed by atoms with Gasteiger partial charge in [0.05, 0.1) is 14.2 Å². The van der Waals surface area contributed by atoms with Gasteiger partial charge in [-0.05, 0) is 44.8 Å². The molecule has 1 aromatic rings. The van der Waals surface area contributed by atoms with Gasteiger partial charge in [0, 0.05) is 35.8 Å². The van der Waals surface area contributed by atoms with Crippen LogP contribution in [0.1, 0.15) is 49.3 Å². The lowest BCUT2D eigenvalue weighted by Crippen LogP contribution is -2.36. The molecule has 0 aliphatic carbocycles. The maximum absolute atomic E-state index is 5.87. The molecule has 2 aliphatic heterocycles. The molecular weight excluding hydrogens is 288 g/mol. The number of nitrogens with zero attached hydrogens (tertiary/aromatic N) is 1. The molecule has 0 saturated carbocycles. The van der Waals surface area contributed by atoms with Crippen molar-refractivity contribution in [3.05, 3.63) is 22.8 Å². The van der Waals surface area contributed by atoms with Crippen molar-refractivity contribution in [1.29, 1.82) is 0 Å². The summed E-state index contributed by atoms with van der Waals surface area (Å²) < 4.78 is 11.6. The van der Waals surface area contributed by atoms with Crippen molar-refractivity contribution in [2.75, 3.05) is 27.3 Å². The maximum Gasteiger partial charge on any atom is 0.127 e. The number of piperidine rings is 1. The smallest absolute Gasteiger partial charge is 0.127 e. The van der Waals surface area contributed by atoms with Crippen molar-refractivity contribution in [1.82, 2.24) is 10.2 Å². The number of ether oxygens (including phenoxy) is 2. The van der Waals surface area contributed by atoms with Crippen LogP contribution in [0.25, 0.3) is 0 Å². The maximum atomic E-state index is 5.87. The lowest BCUT2D eigenvalue weighted by atomic mass is 9.90. The first-order chi connectivity index (χ1) is 11.3. The van der Waals surface area contributed by atoms with E-state index < -0.39 is 0 Å². The Balaban J connectivity index is 1.95. The lowest BCUT2D eigenvalue weighted by Gasteiger charge is -2.31. The second kappa shape index (κ2) is 7.54. The predicted octanol–water partition coefficient (Wildman–Crippen LogP) is 3.11. The predicted molar refractivity (Wildman–Crippen MR) is 93.3 cm³/mol. The minimum atomic E-state index is 0.534. The van der Waals surface area contributed by atoms with Gasteiger partial charge in [0.25, 0.3) is 0 Å². The molecule has 4 nitrogen and oxygen atoms in total. The van der Waals surface area contributed by atoms with Crippen LogP contribution in [0.4, 0.5) is 0 Å². The molecule has 1 fully saturated rings. The first kappa shape index (κ1) is 16.6. The molecule has 23 heavy (non-hydrogen) atoms. The van der Waals surface area contributed by atoms with Crippen molar-refractivity contribution < 1.29 is 9.47 Å². The van der Waals surface area contributed by atoms with Gasteiger partial charge in [-0.1, -0.05) is 13.3 Å². The average molecular weight is 318 g/mol. The van der Waals surface area contributed by atoms with Crippen LogP contribution in [0.5, 0.6) is 11.5 Å². The zero-order chi connectivity index (χ0) is 16.2. The first-order valence-corrected chi connectivity index (χ1v) is 8.98. The largest absolute Gasteiger partial charge is 0.496 e. The molecule has 1 unspecified atom stereocenters. The molecule has 0 amide bonds. The topological polar surface area (TPSA) is 33.7 Å². The van der Waals surface area contributed by atoms with Gasteiger partial charge in [0.2, 0.25) is 0 Å². The van der Waals surface area contributed by atoms with E-state index in [9.17, 15) is 0 Å². The Bertz CT molecular complexity index is 539. The zero-order valence-electron chi connectivity index (χ0n) is 14.8. The van der Waals surface area contributed by atoms with E-state index >= 15 is 0 Å². The third kappa shape index (κ3) is 3.48. The number of likely N-dealkylation sites (tertiary alicyclic amines) is 1. The minimum absolute atomic E-state index is 0.534. The molecule has 1 aromatic carbocycles. The van der Waals surface area contributed by atoms with E-state index in [0.29, 0.717) is 6.04 Å². The Hall–Kier alpha value is -1.26. The van der Waals surface area contributed by atoms with Crippen molar-refractivity contribution in [3.63, 3.8) is 0 Å². The van der Waals surface area contributed by atoms with Crippen LogP contribution in [-0.4, -0.2) is 38.3 Å². The number of nitrogens with one attached hydrogen (secondary N) is 1. The van der Waals surface area contributed by atoms with Crippen molar-refractivity contribution >= 4 is 0 Å². The quantitative estimate of drug-likeness (QED) is 0.904. The summed E-state index contributed by atoms with van der Waals surface area (Å²) in [4.78, 5) is 2.55. The highest BCUT2D eigenvalue weighted by Crippen LogP contribution is 2.38. The highest BCUT2D eigenvalue weighted by Gasteiger charge is 2.26. The van der Waals surface area contributed by atoms with Crippen molar-refractivity contribution in [2.45, 2.75) is 58.2 Å². The molecule has 4 heteroatoms. The summed E-state index contributed by atoms with van der Waals surface area (Å²) in [7, 11) is 3.59. The van der Waals surface area contributed by atoms with Gasteiger partial charge in [0.1, 0.15) is 11.5 Å². The highest BCUT2D eigenvalue weighted by molar-refractivity contribution is 5.55. The third-order valence-corrected chi connectivity index (χ3v) is 5.31. The summed E-state index contributed by atoms with van der Waals surface area (Å²) in [5.74, 6) is 2.10. The Labute approximate surface area is 140 Å². The summed E-state index contributed by atoms with van der Waals surface area (Å²) in [6.45, 7) is 6.47. The fourth-order valence-corrected chi connectivity index (χ4v) is 3.97. The fraction of sp³-hybridized carbons (Fsp3) is 0.684. The summed E-state index contributed by atoms with van der Waals surface area (Å²) in [6, 6.07) is 2.73. The van der Waals surface area contributed by atoms with E-state index in [2.05, 4.69) is 23.2 Å². The Kier molecular flexibility index (Phi) is 5.44. The molecule has 128 valence electrons. The zero-order valence-corrected chi connectivity index (χ0v) is 14.8. The van der Waals surface area contributed by atoms with Crippen LogP contribution in [-0.2, 0) is 19.5 Å². The summed E-state index contributed by atoms with van der Waals surface area (Å²) in [5.41, 5.74) is 3.91. The number of fused-ring (bicyclic) bond motifs is 1. The molecular formula is C19H30N2O2. The van der Waals surface area contributed by atoms with Crippen LogP contribution in [0.3, 0.4) is 0 Å². The number of benzene rings is 1. The average Bonchev–Trinajstić information content (AvgIpc) is 2.61. The number of methoxy groups -OCH3 is 2. The van der Waals surface area contributed by atoms with Gasteiger partial charge in [-0.3, -0.25) is 4.90 Å². The first-order valence-electron chi connectivity index (χ1n) is 8.98. The number of rotatable bonds is 5. The molecule has 1 N–H and O–H groups in total. The molecule has 3 rings (SSSR count). The van der Waals surface area contributed by atoms with E-state index in [0.717, 1.165) is 37.4 Å². The number of hydrogen-bond acceptors (Lipinski definition) is 4. The second-order valence-electron chi connectivity index (χ2n) is 6.76. The Morgan fingerprint density at radius 1 is 1.13 bits per heavy atom. The third-order valence-electron chi connectivity index (χ3n) is 5.31. The van der Waals surface area contributed by atoms with Crippen LogP contribution < -0.4 is 14.8 Å². The monoisotopic (exact) mass is 318 g/mol. The van der Waals surface area contributed by atoms with E-state index in [1.807, 2.05) is 7.11 Å². The van der Waals surface area contributed by atoms with Crippen molar-refractivity contribution in [3.8, 4) is 11.5 Å². The molecule has 1 atom stereocenters. The van der Waals surface area contributed by atoms with E-state index in [4.69, 9.17) is 9.47 Å². The van der Waals surface area contributed by atoms with E-state index in [-0.39, 0.29) is 0 Å². The molecule has 0 bridgehead atoms. The van der Waals surface area contributed by atoms with Gasteiger partial charge in [-0.25, -0.2) is 0 Å². The van der Waals surface area contributed by atoms with E-state index in [1.54, 1.807) is 7.11 Å². The second-order valence-corrected chi connectivity index (χ2v) is 6.76. The lowest BCUT2D eigenvalue weighted by molar-refractivity contribution is 0.217. The normalized spacial score (nSPS) is 21.8. The SMILES string of the molecule is CCC1Cc2c(c(OC)cc(CN3CCCCC3)c2OC)CN1. The van der Waals surface area contributed by atoms with Gasteiger partial charge in [-0.15, -0.1) is 0 Å². The molecule has 0 aromatic heterocycles. The Morgan fingerprint density at radius 3 is 2.57 bits per heavy atom. The van der Waals surface area contributed by atoms with Gasteiger partial charge >= 0.3 is 0 Å². The van der Waals surface area contributed by atoms with Crippen LogP contribution in [0.2, 0.25) is 0 Å². The molecule has 1 saturated heterocycles. The molecule has 0 radical (unpaired) electrons. The molecule has 2 aliphatic rings. The Morgan fingerprint density at radius 2 is 1.91 bits per heavy atom. The van der Waals surface area contributed by atoms with Crippen LogP contribution in [0.15, 0.2) is 6.07 Å². The summed E-state index contributed by atoms with van der Waals surface area (Å²) in [5, 5.41) is 3.61. The van der Waals surface area contributed by atoms with Crippen molar-refractivity contribution in [2.24, 2.45) is 0 Å². The number of hydrogen-bond donors (Lipinski definition) is 1. The molecule has 0 spiro atoms. The highest BCUT2D eigenvalue weighted by atomic mass is 16.5. The standard InChI is InChI=1S/C19H30N2O2/c1-4-15-11-16-17(12-20-15)18(22-2)10-14(19(16)23-3)13-21-8-6-5-7-9-21/h10,15,20H,4-9,11-13H2,1-3H3. The van der Waals surface area contributed by atoms with Gasteiger partial charge in [0.15, 0.2) is 0 Å². The van der Waals surface area contributed by atoms with Crippen LogP contribution in [0, 0.1) is 0 Å². The molecule has 2 heterocycles. The van der Waals surface area contributed by atoms with Gasteiger partial charge in [-0.2, -0.15) is 0 Å². The minimum Gasteiger partial charge on any atom is -0.496 e. The summed E-state index contributed by atoms with van der Waals surface area (Å²) >= 11 is 0. The summed E-state index contributed by atoms with van der Waals surface area (Å²) in [6.07, 6.45) is 6.16. The van der Waals surface area contributed by atoms with Crippen LogP contribution >= 0.6 is 0 Å². The van der Waals surface area contributed by atoms with Gasteiger partial charge < -0.3 is 14.8 Å².